The molecule has 0 saturated carbocycles. The Kier molecular flexibility index (Phi) is 5.82. The molecule has 1 heterocycles. The van der Waals surface area contributed by atoms with E-state index in [0.717, 1.165) is 11.1 Å². The van der Waals surface area contributed by atoms with Crippen molar-refractivity contribution in [2.75, 3.05) is 13.2 Å². The van der Waals surface area contributed by atoms with Crippen LogP contribution in [-0.4, -0.2) is 36.4 Å². The van der Waals surface area contributed by atoms with E-state index in [-0.39, 0.29) is 18.1 Å². The highest BCUT2D eigenvalue weighted by Gasteiger charge is 2.34. The lowest BCUT2D eigenvalue weighted by Crippen LogP contribution is -2.24. The summed E-state index contributed by atoms with van der Waals surface area (Å²) in [5.41, 5.74) is 3.17. The largest absolute Gasteiger partial charge is 0.478 e. The number of aryl methyl sites for hydroxylation is 2. The van der Waals surface area contributed by atoms with Crippen LogP contribution in [0.4, 0.5) is 0 Å². The van der Waals surface area contributed by atoms with Gasteiger partial charge in [-0.25, -0.2) is 9.59 Å². The van der Waals surface area contributed by atoms with E-state index in [1.165, 1.54) is 6.07 Å². The molecular formula is C21H21ClO5. The van der Waals surface area contributed by atoms with E-state index in [9.17, 15) is 14.7 Å². The summed E-state index contributed by atoms with van der Waals surface area (Å²) < 4.78 is 11.1. The van der Waals surface area contributed by atoms with Gasteiger partial charge in [-0.3, -0.25) is 0 Å². The average molecular weight is 389 g/mol. The third-order valence-electron chi connectivity index (χ3n) is 4.84. The van der Waals surface area contributed by atoms with Crippen LogP contribution in [0.5, 0.6) is 0 Å². The van der Waals surface area contributed by atoms with Crippen molar-refractivity contribution < 1.29 is 24.2 Å². The van der Waals surface area contributed by atoms with Crippen molar-refractivity contribution in [1.29, 1.82) is 0 Å². The second-order valence-electron chi connectivity index (χ2n) is 6.76. The molecule has 0 amide bonds. The molecule has 1 N–H and O–H groups in total. The summed E-state index contributed by atoms with van der Waals surface area (Å²) in [6.45, 7) is 4.33. The Hall–Kier alpha value is -2.37. The van der Waals surface area contributed by atoms with Crippen LogP contribution in [0.25, 0.3) is 0 Å². The molecule has 1 fully saturated rings. The summed E-state index contributed by atoms with van der Waals surface area (Å²) >= 11 is 6.09. The fraction of sp³-hybridized carbons (Fsp3) is 0.333. The number of benzene rings is 2. The van der Waals surface area contributed by atoms with E-state index < -0.39 is 18.0 Å². The highest BCUT2D eigenvalue weighted by molar-refractivity contribution is 6.31. The second-order valence-corrected chi connectivity index (χ2v) is 7.17. The third kappa shape index (κ3) is 4.31. The SMILES string of the molecule is Cc1ccc(C(=O)OCC2OCCC2c2cc(C)c(Cl)cc2C(=O)O)cc1. The Morgan fingerprint density at radius 1 is 1.22 bits per heavy atom. The Morgan fingerprint density at radius 2 is 1.93 bits per heavy atom. The first kappa shape index (κ1) is 19.4. The second kappa shape index (κ2) is 8.11. The van der Waals surface area contributed by atoms with Crippen LogP contribution >= 0.6 is 11.6 Å². The molecule has 0 aliphatic carbocycles. The number of carboxylic acids is 1. The number of carboxylic acid groups (broad SMARTS) is 1. The predicted molar refractivity (Wildman–Crippen MR) is 102 cm³/mol. The topological polar surface area (TPSA) is 72.8 Å². The van der Waals surface area contributed by atoms with E-state index in [4.69, 9.17) is 21.1 Å². The van der Waals surface area contributed by atoms with Gasteiger partial charge in [-0.2, -0.15) is 0 Å². The van der Waals surface area contributed by atoms with Gasteiger partial charge in [0.25, 0.3) is 0 Å². The maximum Gasteiger partial charge on any atom is 0.338 e. The molecule has 2 atom stereocenters. The van der Waals surface area contributed by atoms with Crippen LogP contribution in [0.15, 0.2) is 36.4 Å². The number of carbonyl (C=O) groups excluding carboxylic acids is 1. The first-order valence-electron chi connectivity index (χ1n) is 8.75. The Bertz CT molecular complexity index is 860. The zero-order chi connectivity index (χ0) is 19.6. The first-order chi connectivity index (χ1) is 12.9. The maximum atomic E-state index is 12.2. The van der Waals surface area contributed by atoms with Crippen molar-refractivity contribution in [2.45, 2.75) is 32.3 Å². The van der Waals surface area contributed by atoms with Crippen LogP contribution in [-0.2, 0) is 9.47 Å². The summed E-state index contributed by atoms with van der Waals surface area (Å²) in [5.74, 6) is -1.62. The van der Waals surface area contributed by atoms with Crippen LogP contribution < -0.4 is 0 Å². The van der Waals surface area contributed by atoms with E-state index in [2.05, 4.69) is 0 Å². The van der Waals surface area contributed by atoms with E-state index >= 15 is 0 Å². The van der Waals surface area contributed by atoms with Gasteiger partial charge in [-0.05, 0) is 49.6 Å². The number of halogens is 1. The predicted octanol–water partition coefficient (Wildman–Crippen LogP) is 4.38. The minimum absolute atomic E-state index is 0.0676. The van der Waals surface area contributed by atoms with Gasteiger partial charge in [0.05, 0.1) is 17.2 Å². The van der Waals surface area contributed by atoms with Crippen molar-refractivity contribution in [2.24, 2.45) is 0 Å². The summed E-state index contributed by atoms with van der Waals surface area (Å²) in [5, 5.41) is 9.95. The molecule has 1 aliphatic rings. The molecule has 6 heteroatoms. The number of hydrogen-bond acceptors (Lipinski definition) is 4. The van der Waals surface area contributed by atoms with Crippen LogP contribution in [0.3, 0.4) is 0 Å². The monoisotopic (exact) mass is 388 g/mol. The Morgan fingerprint density at radius 3 is 2.59 bits per heavy atom. The summed E-state index contributed by atoms with van der Waals surface area (Å²) in [6, 6.07) is 10.4. The molecule has 3 rings (SSSR count). The third-order valence-corrected chi connectivity index (χ3v) is 5.24. The normalized spacial score (nSPS) is 19.1. The number of rotatable bonds is 5. The molecule has 2 aromatic rings. The molecule has 5 nitrogen and oxygen atoms in total. The Labute approximate surface area is 162 Å². The van der Waals surface area contributed by atoms with E-state index in [0.29, 0.717) is 29.2 Å². The molecule has 1 saturated heterocycles. The molecular weight excluding hydrogens is 368 g/mol. The fourth-order valence-corrected chi connectivity index (χ4v) is 3.46. The number of ether oxygens (including phenoxy) is 2. The fourth-order valence-electron chi connectivity index (χ4n) is 3.30. The van der Waals surface area contributed by atoms with Gasteiger partial charge in [0, 0.05) is 17.5 Å². The number of esters is 1. The number of hydrogen-bond donors (Lipinski definition) is 1. The van der Waals surface area contributed by atoms with Gasteiger partial charge in [0.1, 0.15) is 6.61 Å². The van der Waals surface area contributed by atoms with Crippen LogP contribution in [0.2, 0.25) is 5.02 Å². The summed E-state index contributed by atoms with van der Waals surface area (Å²) in [4.78, 5) is 23.9. The highest BCUT2D eigenvalue weighted by Crippen LogP contribution is 2.36. The van der Waals surface area contributed by atoms with Gasteiger partial charge in [0.2, 0.25) is 0 Å². The minimum Gasteiger partial charge on any atom is -0.478 e. The van der Waals surface area contributed by atoms with Gasteiger partial charge in [-0.1, -0.05) is 35.4 Å². The van der Waals surface area contributed by atoms with Crippen molar-refractivity contribution >= 4 is 23.5 Å². The van der Waals surface area contributed by atoms with E-state index in [1.54, 1.807) is 18.2 Å². The average Bonchev–Trinajstić information content (AvgIpc) is 3.10. The molecule has 0 radical (unpaired) electrons. The Balaban J connectivity index is 1.76. The number of carbonyl (C=O) groups is 2. The van der Waals surface area contributed by atoms with Gasteiger partial charge < -0.3 is 14.6 Å². The van der Waals surface area contributed by atoms with Crippen molar-refractivity contribution in [3.05, 3.63) is 69.2 Å². The lowest BCUT2D eigenvalue weighted by molar-refractivity contribution is 0.0125. The molecule has 0 bridgehead atoms. The molecule has 27 heavy (non-hydrogen) atoms. The molecule has 0 aromatic heterocycles. The van der Waals surface area contributed by atoms with Crippen LogP contribution in [0, 0.1) is 13.8 Å². The smallest absolute Gasteiger partial charge is 0.338 e. The zero-order valence-electron chi connectivity index (χ0n) is 15.2. The molecule has 142 valence electrons. The summed E-state index contributed by atoms with van der Waals surface area (Å²) in [7, 11) is 0. The number of aromatic carboxylic acids is 1. The highest BCUT2D eigenvalue weighted by atomic mass is 35.5. The van der Waals surface area contributed by atoms with Crippen molar-refractivity contribution in [3.63, 3.8) is 0 Å². The van der Waals surface area contributed by atoms with Gasteiger partial charge in [0.15, 0.2) is 0 Å². The van der Waals surface area contributed by atoms with E-state index in [1.807, 2.05) is 26.0 Å². The zero-order valence-corrected chi connectivity index (χ0v) is 16.0. The lowest BCUT2D eigenvalue weighted by atomic mass is 9.88. The molecule has 0 spiro atoms. The molecule has 1 aliphatic heterocycles. The maximum absolute atomic E-state index is 12.2. The van der Waals surface area contributed by atoms with Gasteiger partial charge in [-0.15, -0.1) is 0 Å². The molecule has 2 aromatic carbocycles. The molecule has 2 unspecified atom stereocenters. The van der Waals surface area contributed by atoms with Crippen LogP contribution in [0.1, 0.15) is 49.7 Å². The lowest BCUT2D eigenvalue weighted by Gasteiger charge is -2.21. The summed E-state index contributed by atoms with van der Waals surface area (Å²) in [6.07, 6.45) is 0.270. The first-order valence-corrected chi connectivity index (χ1v) is 9.13. The van der Waals surface area contributed by atoms with Crippen molar-refractivity contribution in [3.8, 4) is 0 Å². The standard InChI is InChI=1S/C21H21ClO5/c1-12-3-5-14(6-4-12)21(25)27-11-19-15(7-8-26-19)16-9-13(2)18(22)10-17(16)20(23)24/h3-6,9-10,15,19H,7-8,11H2,1-2H3,(H,23,24). The quantitative estimate of drug-likeness (QED) is 0.769. The van der Waals surface area contributed by atoms with Crippen molar-refractivity contribution in [1.82, 2.24) is 0 Å². The van der Waals surface area contributed by atoms with Gasteiger partial charge >= 0.3 is 11.9 Å². The minimum atomic E-state index is -1.03.